The van der Waals surface area contributed by atoms with E-state index in [-0.39, 0.29) is 23.3 Å². The van der Waals surface area contributed by atoms with Gasteiger partial charge >= 0.3 is 0 Å². The van der Waals surface area contributed by atoms with Crippen LogP contribution < -0.4 is 11.1 Å². The first kappa shape index (κ1) is 12.5. The highest BCUT2D eigenvalue weighted by atomic mass is 16.6. The Balaban J connectivity index is 2.19. The van der Waals surface area contributed by atoms with Gasteiger partial charge < -0.3 is 11.1 Å². The molecule has 2 rings (SSSR count). The van der Waals surface area contributed by atoms with Crippen LogP contribution in [0.4, 0.5) is 5.69 Å². The molecule has 96 valence electrons. The number of carbonyl (C=O) groups excluding carboxylic acids is 1. The van der Waals surface area contributed by atoms with Gasteiger partial charge in [-0.15, -0.1) is 0 Å². The summed E-state index contributed by atoms with van der Waals surface area (Å²) in [5, 5.41) is 13.7. The number of benzene rings is 1. The molecule has 6 heteroatoms. The molecule has 0 spiro atoms. The predicted octanol–water partition coefficient (Wildman–Crippen LogP) is 1.12. The molecule has 1 aliphatic carbocycles. The summed E-state index contributed by atoms with van der Waals surface area (Å²) in [7, 11) is 0. The number of nitro groups is 1. The van der Waals surface area contributed by atoms with Crippen LogP contribution in [0.2, 0.25) is 0 Å². The summed E-state index contributed by atoms with van der Waals surface area (Å²) in [5.41, 5.74) is 6.10. The number of nitrogens with two attached hydrogens (primary N) is 1. The summed E-state index contributed by atoms with van der Waals surface area (Å²) in [6.07, 6.45) is 1.46. The average Bonchev–Trinajstić information content (AvgIpc) is 2.26. The SMILES string of the molecule is Cc1cccc(C(=O)NC2CC(N)C2)c1[N+](=O)[O-]. The van der Waals surface area contributed by atoms with Crippen LogP contribution in [-0.2, 0) is 0 Å². The second kappa shape index (κ2) is 4.73. The van der Waals surface area contributed by atoms with Crippen molar-refractivity contribution in [3.05, 3.63) is 39.4 Å². The summed E-state index contributed by atoms with van der Waals surface area (Å²) in [6, 6.07) is 4.90. The molecule has 0 atom stereocenters. The van der Waals surface area contributed by atoms with Crippen molar-refractivity contribution in [2.24, 2.45) is 5.73 Å². The highest BCUT2D eigenvalue weighted by Crippen LogP contribution is 2.24. The molecule has 0 bridgehead atoms. The largest absolute Gasteiger partial charge is 0.349 e. The number of nitrogens with zero attached hydrogens (tertiary/aromatic N) is 1. The van der Waals surface area contributed by atoms with E-state index in [2.05, 4.69) is 5.32 Å². The molecule has 1 amide bonds. The van der Waals surface area contributed by atoms with Crippen LogP contribution in [0.3, 0.4) is 0 Å². The molecule has 1 aromatic carbocycles. The van der Waals surface area contributed by atoms with Crippen molar-refractivity contribution in [3.8, 4) is 0 Å². The first-order valence-electron chi connectivity index (χ1n) is 5.79. The van der Waals surface area contributed by atoms with Crippen molar-refractivity contribution >= 4 is 11.6 Å². The van der Waals surface area contributed by atoms with Crippen LogP contribution in [-0.4, -0.2) is 22.9 Å². The van der Waals surface area contributed by atoms with Crippen LogP contribution in [0, 0.1) is 17.0 Å². The zero-order valence-corrected chi connectivity index (χ0v) is 10.1. The van der Waals surface area contributed by atoms with E-state index in [1.165, 1.54) is 6.07 Å². The predicted molar refractivity (Wildman–Crippen MR) is 66.3 cm³/mol. The minimum Gasteiger partial charge on any atom is -0.349 e. The Labute approximate surface area is 104 Å². The second-order valence-electron chi connectivity index (χ2n) is 4.63. The Morgan fingerprint density at radius 3 is 2.72 bits per heavy atom. The number of nitrogens with one attached hydrogen (secondary N) is 1. The molecular weight excluding hydrogens is 234 g/mol. The number of aryl methyl sites for hydroxylation is 1. The summed E-state index contributed by atoms with van der Waals surface area (Å²) in [5.74, 6) is -0.401. The Hall–Kier alpha value is -1.95. The number of hydrogen-bond acceptors (Lipinski definition) is 4. The number of carbonyl (C=O) groups is 1. The lowest BCUT2D eigenvalue weighted by Crippen LogP contribution is -2.50. The van der Waals surface area contributed by atoms with Crippen LogP contribution in [0.1, 0.15) is 28.8 Å². The monoisotopic (exact) mass is 249 g/mol. The van der Waals surface area contributed by atoms with Gasteiger partial charge in [-0.25, -0.2) is 0 Å². The van der Waals surface area contributed by atoms with Crippen molar-refractivity contribution in [1.29, 1.82) is 0 Å². The summed E-state index contributed by atoms with van der Waals surface area (Å²) in [6.45, 7) is 1.62. The van der Waals surface area contributed by atoms with Crippen LogP contribution in [0.5, 0.6) is 0 Å². The van der Waals surface area contributed by atoms with Gasteiger partial charge in [0.25, 0.3) is 11.6 Å². The van der Waals surface area contributed by atoms with E-state index >= 15 is 0 Å². The topological polar surface area (TPSA) is 98.3 Å². The molecule has 1 fully saturated rings. The van der Waals surface area contributed by atoms with E-state index in [9.17, 15) is 14.9 Å². The number of amides is 1. The van der Waals surface area contributed by atoms with Gasteiger partial charge in [0, 0.05) is 17.6 Å². The van der Waals surface area contributed by atoms with Crippen LogP contribution in [0.25, 0.3) is 0 Å². The van der Waals surface area contributed by atoms with Gasteiger partial charge in [0.2, 0.25) is 0 Å². The summed E-state index contributed by atoms with van der Waals surface area (Å²) >= 11 is 0. The first-order chi connectivity index (χ1) is 8.49. The van der Waals surface area contributed by atoms with Gasteiger partial charge in [-0.2, -0.15) is 0 Å². The highest BCUT2D eigenvalue weighted by molar-refractivity contribution is 5.98. The summed E-state index contributed by atoms with van der Waals surface area (Å²) in [4.78, 5) is 22.4. The van der Waals surface area contributed by atoms with Crippen molar-refractivity contribution in [2.75, 3.05) is 0 Å². The fourth-order valence-corrected chi connectivity index (χ4v) is 2.13. The lowest BCUT2D eigenvalue weighted by Gasteiger charge is -2.32. The third-order valence-corrected chi connectivity index (χ3v) is 3.17. The molecule has 0 saturated heterocycles. The van der Waals surface area contributed by atoms with E-state index in [1.807, 2.05) is 0 Å². The zero-order chi connectivity index (χ0) is 13.3. The molecule has 0 aliphatic heterocycles. The standard InChI is InChI=1S/C12H15N3O3/c1-7-3-2-4-10(11(7)15(17)18)12(16)14-9-5-8(13)6-9/h2-4,8-9H,5-6,13H2,1H3,(H,14,16). The molecule has 0 heterocycles. The highest BCUT2D eigenvalue weighted by Gasteiger charge is 2.30. The second-order valence-corrected chi connectivity index (χ2v) is 4.63. The average molecular weight is 249 g/mol. The number of para-hydroxylation sites is 1. The molecule has 3 N–H and O–H groups in total. The van der Waals surface area contributed by atoms with Crippen molar-refractivity contribution in [3.63, 3.8) is 0 Å². The van der Waals surface area contributed by atoms with E-state index in [1.54, 1.807) is 19.1 Å². The van der Waals surface area contributed by atoms with E-state index < -0.39 is 10.8 Å². The van der Waals surface area contributed by atoms with Gasteiger partial charge in [-0.05, 0) is 25.8 Å². The third-order valence-electron chi connectivity index (χ3n) is 3.17. The number of hydrogen-bond donors (Lipinski definition) is 2. The van der Waals surface area contributed by atoms with Crippen LogP contribution in [0.15, 0.2) is 18.2 Å². The molecule has 18 heavy (non-hydrogen) atoms. The lowest BCUT2D eigenvalue weighted by atomic mass is 9.87. The zero-order valence-electron chi connectivity index (χ0n) is 10.1. The first-order valence-corrected chi connectivity index (χ1v) is 5.79. The van der Waals surface area contributed by atoms with Gasteiger partial charge in [0.1, 0.15) is 5.56 Å². The van der Waals surface area contributed by atoms with Crippen LogP contribution >= 0.6 is 0 Å². The van der Waals surface area contributed by atoms with E-state index in [4.69, 9.17) is 5.73 Å². The van der Waals surface area contributed by atoms with Crippen molar-refractivity contribution < 1.29 is 9.72 Å². The Morgan fingerprint density at radius 2 is 2.17 bits per heavy atom. The summed E-state index contributed by atoms with van der Waals surface area (Å²) < 4.78 is 0. The Morgan fingerprint density at radius 1 is 1.50 bits per heavy atom. The fourth-order valence-electron chi connectivity index (χ4n) is 2.13. The van der Waals surface area contributed by atoms with Gasteiger partial charge in [-0.1, -0.05) is 12.1 Å². The van der Waals surface area contributed by atoms with Crippen molar-refractivity contribution in [1.82, 2.24) is 5.32 Å². The van der Waals surface area contributed by atoms with E-state index in [0.29, 0.717) is 5.56 Å². The molecule has 1 saturated carbocycles. The Bertz CT molecular complexity index is 495. The quantitative estimate of drug-likeness (QED) is 0.619. The van der Waals surface area contributed by atoms with E-state index in [0.717, 1.165) is 12.8 Å². The molecule has 1 aromatic rings. The van der Waals surface area contributed by atoms with Crippen molar-refractivity contribution in [2.45, 2.75) is 31.8 Å². The van der Waals surface area contributed by atoms with Gasteiger partial charge in [0.05, 0.1) is 4.92 Å². The molecule has 0 unspecified atom stereocenters. The maximum Gasteiger partial charge on any atom is 0.285 e. The normalized spacial score (nSPS) is 22.1. The van der Waals surface area contributed by atoms with Gasteiger partial charge in [-0.3, -0.25) is 14.9 Å². The lowest BCUT2D eigenvalue weighted by molar-refractivity contribution is -0.385. The molecule has 0 aromatic heterocycles. The smallest absolute Gasteiger partial charge is 0.285 e. The maximum absolute atomic E-state index is 12.0. The third kappa shape index (κ3) is 2.33. The Kier molecular flexibility index (Phi) is 3.29. The number of nitro benzene ring substituents is 1. The minimum absolute atomic E-state index is 0.0348. The molecular formula is C12H15N3O3. The van der Waals surface area contributed by atoms with Gasteiger partial charge in [0.15, 0.2) is 0 Å². The molecule has 6 nitrogen and oxygen atoms in total. The molecule has 0 radical (unpaired) electrons. The molecule has 1 aliphatic rings. The maximum atomic E-state index is 12.0. The minimum atomic E-state index is -0.517. The fraction of sp³-hybridized carbons (Fsp3) is 0.417. The number of rotatable bonds is 3.